The minimum absolute atomic E-state index is 0. The first-order valence-electron chi connectivity index (χ1n) is 8.25. The summed E-state index contributed by atoms with van der Waals surface area (Å²) < 4.78 is 31.1. The topological polar surface area (TPSA) is 89.8 Å². The van der Waals surface area contributed by atoms with Crippen LogP contribution in [0.25, 0.3) is 0 Å². The van der Waals surface area contributed by atoms with Gasteiger partial charge in [-0.15, -0.1) is 0 Å². The molecule has 0 aliphatic rings. The molecule has 140 valence electrons. The third-order valence-corrected chi connectivity index (χ3v) is 7.23. The average Bonchev–Trinajstić information content (AvgIpc) is 2.54. The molecule has 0 saturated carbocycles. The van der Waals surface area contributed by atoms with E-state index in [1.54, 1.807) is 0 Å². The molecule has 0 atom stereocenters. The molecule has 0 aliphatic heterocycles. The molecule has 0 fully saturated rings. The summed E-state index contributed by atoms with van der Waals surface area (Å²) >= 11 is 0. The van der Waals surface area contributed by atoms with E-state index in [-0.39, 0.29) is 31.2 Å². The Morgan fingerprint density at radius 1 is 1.04 bits per heavy atom. The second-order valence-corrected chi connectivity index (χ2v) is 10.4. The molecule has 27 heavy (non-hydrogen) atoms. The van der Waals surface area contributed by atoms with Crippen molar-refractivity contribution in [2.45, 2.75) is 25.8 Å². The van der Waals surface area contributed by atoms with Crippen molar-refractivity contribution in [2.24, 2.45) is 4.99 Å². The number of aliphatic imine (C=N–C) groups is 1. The molecule has 0 spiro atoms. The van der Waals surface area contributed by atoms with Crippen LogP contribution in [0.3, 0.4) is 0 Å². The minimum Gasteiger partial charge on any atom is -0.862 e. The van der Waals surface area contributed by atoms with Gasteiger partial charge in [-0.2, -0.15) is 8.42 Å². The van der Waals surface area contributed by atoms with E-state index in [2.05, 4.69) is 29.3 Å². The Bertz CT molecular complexity index is 803. The predicted octanol–water partition coefficient (Wildman–Crippen LogP) is -1.06. The van der Waals surface area contributed by atoms with Gasteiger partial charge in [-0.25, -0.2) is 0 Å². The van der Waals surface area contributed by atoms with Crippen LogP contribution in [0.1, 0.15) is 20.3 Å². The number of hydrogen-bond acceptors (Lipinski definition) is 4. The molecule has 0 unspecified atom stereocenters. The molecule has 5 nitrogen and oxygen atoms in total. The van der Waals surface area contributed by atoms with Crippen LogP contribution < -0.4 is 34.6 Å². The molecular weight excluding hydrogens is 376 g/mol. The van der Waals surface area contributed by atoms with Gasteiger partial charge < -0.3 is 5.11 Å². The van der Waals surface area contributed by atoms with Gasteiger partial charge in [0.25, 0.3) is 10.1 Å². The van der Waals surface area contributed by atoms with Crippen LogP contribution in [0.5, 0.6) is 0 Å². The number of rotatable bonds is 8. The van der Waals surface area contributed by atoms with E-state index in [0.717, 1.165) is 0 Å². The second kappa shape index (κ2) is 10.4. The molecule has 0 amide bonds. The Morgan fingerprint density at radius 2 is 1.48 bits per heavy atom. The molecule has 2 aromatic carbocycles. The number of benzene rings is 2. The molecule has 0 saturated heterocycles. The van der Waals surface area contributed by atoms with Gasteiger partial charge in [-0.3, -0.25) is 9.55 Å². The Labute approximate surface area is 174 Å². The summed E-state index contributed by atoms with van der Waals surface area (Å²) in [6.45, 7) is 3.05. The van der Waals surface area contributed by atoms with Crippen molar-refractivity contribution in [2.75, 3.05) is 11.9 Å². The number of hydrogen-bond donors (Lipinski definition) is 1. The van der Waals surface area contributed by atoms with Gasteiger partial charge in [-0.1, -0.05) is 60.7 Å². The van der Waals surface area contributed by atoms with Crippen molar-refractivity contribution >= 4 is 34.5 Å². The van der Waals surface area contributed by atoms with E-state index in [1.807, 2.05) is 36.4 Å². The molecule has 2 aromatic rings. The summed E-state index contributed by atoms with van der Waals surface area (Å²) in [6.07, 6.45) is 0.859. The van der Waals surface area contributed by atoms with Gasteiger partial charge >= 0.3 is 18.9 Å². The zero-order valence-corrected chi connectivity index (χ0v) is 17.6. The van der Waals surface area contributed by atoms with E-state index in [4.69, 9.17) is 4.55 Å². The predicted molar refractivity (Wildman–Crippen MR) is 106 cm³/mol. The van der Waals surface area contributed by atoms with Gasteiger partial charge in [0.15, 0.2) is 0 Å². The Hall–Kier alpha value is -1.15. The summed E-state index contributed by atoms with van der Waals surface area (Å²) in [7, 11) is -4.89. The largest absolute Gasteiger partial charge is 1.00 e. The maximum Gasteiger partial charge on any atom is 1.00 e. The van der Waals surface area contributed by atoms with E-state index >= 15 is 0 Å². The fourth-order valence-corrected chi connectivity index (χ4v) is 5.95. The Balaban J connectivity index is 0.00000364. The first-order valence-corrected chi connectivity index (χ1v) is 11.4. The molecule has 8 heteroatoms. The Morgan fingerprint density at radius 3 is 1.89 bits per heavy atom. The maximum atomic E-state index is 12.3. The quantitative estimate of drug-likeness (QED) is 0.201. The van der Waals surface area contributed by atoms with Crippen LogP contribution in [0, 0.1) is 0 Å². The standard InChI is InChI=1S/C19H24NO4PS.Li/c1-19(2,15-26(22,23)24)20-18(21)13-14-25(16-9-5-3-6-10-16)17-11-7-4-8-12-17;/h3-12H,13-15H2,1-2H3,(H,20,21)(H,22,23,24);/q;+1/p-1. The van der Waals surface area contributed by atoms with Crippen molar-refractivity contribution in [1.29, 1.82) is 0 Å². The summed E-state index contributed by atoms with van der Waals surface area (Å²) in [6, 6.07) is 20.1. The fraction of sp³-hybridized carbons (Fsp3) is 0.316. The SMILES string of the molecule is CC(C)(CS(=O)(=O)O)N=C([O-])CCP(c1ccccc1)c1ccccc1.[Li+]. The molecule has 0 heterocycles. The van der Waals surface area contributed by atoms with Gasteiger partial charge in [0.05, 0.1) is 11.3 Å². The second-order valence-electron chi connectivity index (χ2n) is 6.62. The summed E-state index contributed by atoms with van der Waals surface area (Å²) in [4.78, 5) is 3.99. The van der Waals surface area contributed by atoms with Crippen LogP contribution in [0.4, 0.5) is 0 Å². The van der Waals surface area contributed by atoms with Crippen molar-refractivity contribution in [3.05, 3.63) is 60.7 Å². The summed E-state index contributed by atoms with van der Waals surface area (Å²) in [5, 5.41) is 14.6. The van der Waals surface area contributed by atoms with Crippen LogP contribution >= 0.6 is 7.92 Å². The zero-order chi connectivity index (χ0) is 19.2. The third-order valence-electron chi connectivity index (χ3n) is 3.65. The van der Waals surface area contributed by atoms with E-state index in [0.29, 0.717) is 6.16 Å². The van der Waals surface area contributed by atoms with Gasteiger partial charge in [-0.05, 0) is 50.9 Å². The van der Waals surface area contributed by atoms with Gasteiger partial charge in [0.1, 0.15) is 0 Å². The fourth-order valence-electron chi connectivity index (χ4n) is 2.70. The van der Waals surface area contributed by atoms with Crippen molar-refractivity contribution in [3.63, 3.8) is 0 Å². The smallest absolute Gasteiger partial charge is 0.862 e. The first-order chi connectivity index (χ1) is 12.2. The molecule has 1 N–H and O–H groups in total. The number of nitrogens with zero attached hydrogens (tertiary/aromatic N) is 1. The molecule has 0 bridgehead atoms. The molecule has 0 aromatic heterocycles. The third kappa shape index (κ3) is 8.59. The Kier molecular flexibility index (Phi) is 9.21. The van der Waals surface area contributed by atoms with E-state index in [9.17, 15) is 13.5 Å². The molecule has 0 aliphatic carbocycles. The molecule has 2 rings (SSSR count). The van der Waals surface area contributed by atoms with E-state index < -0.39 is 29.3 Å². The van der Waals surface area contributed by atoms with Crippen LogP contribution in [0.2, 0.25) is 0 Å². The van der Waals surface area contributed by atoms with Crippen molar-refractivity contribution in [1.82, 2.24) is 0 Å². The van der Waals surface area contributed by atoms with E-state index in [1.165, 1.54) is 24.5 Å². The summed E-state index contributed by atoms with van der Waals surface area (Å²) in [5.74, 6) is -0.921. The molecular formula is C19H23LiNO4PS. The van der Waals surface area contributed by atoms with Crippen LogP contribution in [-0.2, 0) is 10.1 Å². The van der Waals surface area contributed by atoms with Gasteiger partial charge in [0, 0.05) is 0 Å². The normalized spacial score (nSPS) is 12.7. The maximum absolute atomic E-state index is 12.3. The minimum atomic E-state index is -4.19. The van der Waals surface area contributed by atoms with Gasteiger partial charge in [0.2, 0.25) is 0 Å². The monoisotopic (exact) mass is 399 g/mol. The first kappa shape index (κ1) is 23.9. The van der Waals surface area contributed by atoms with Crippen molar-refractivity contribution < 1.29 is 36.9 Å². The van der Waals surface area contributed by atoms with Crippen LogP contribution in [0.15, 0.2) is 65.7 Å². The van der Waals surface area contributed by atoms with Crippen LogP contribution in [-0.4, -0.2) is 36.3 Å². The average molecular weight is 399 g/mol. The summed E-state index contributed by atoms with van der Waals surface area (Å²) in [5.41, 5.74) is -1.15. The zero-order valence-electron chi connectivity index (χ0n) is 15.9. The van der Waals surface area contributed by atoms with Crippen molar-refractivity contribution in [3.8, 4) is 0 Å². The molecule has 0 radical (unpaired) electrons.